The first-order valence-electron chi connectivity index (χ1n) is 10.5. The first-order chi connectivity index (χ1) is 14.0. The number of carbonyl (C=O) groups is 2. The zero-order chi connectivity index (χ0) is 20.1. The summed E-state index contributed by atoms with van der Waals surface area (Å²) in [7, 11) is 0. The quantitative estimate of drug-likeness (QED) is 0.784. The van der Waals surface area contributed by atoms with Gasteiger partial charge in [0.15, 0.2) is 6.04 Å². The van der Waals surface area contributed by atoms with E-state index in [1.165, 1.54) is 15.4 Å². The molecule has 29 heavy (non-hydrogen) atoms. The standard InChI is InChI=1S/C23H25N3O3/c1-2-15-6-8-18(9-7-15)26-22(28)11-20(23(26)29)24-12-16-10-17(14-24)19-4-3-5-21(27)25(19)13-16/h3-9,16-17,20H,2,10-14H2,1H3/p+1/t16-,17+,20-/m1/s1. The number of likely N-dealkylation sites (tertiary alicyclic amines) is 1. The minimum Gasteiger partial charge on any atom is -0.323 e. The van der Waals surface area contributed by atoms with E-state index >= 15 is 0 Å². The maximum Gasteiger partial charge on any atom is 0.292 e. The number of fused-ring (bicyclic) bond motifs is 4. The summed E-state index contributed by atoms with van der Waals surface area (Å²) in [4.78, 5) is 40.7. The lowest BCUT2D eigenvalue weighted by Crippen LogP contribution is -3.18. The van der Waals surface area contributed by atoms with Crippen LogP contribution in [0.15, 0.2) is 47.3 Å². The van der Waals surface area contributed by atoms with Gasteiger partial charge in [-0.25, -0.2) is 4.90 Å². The molecule has 150 valence electrons. The topological polar surface area (TPSA) is 63.8 Å². The molecule has 2 amide bonds. The van der Waals surface area contributed by atoms with Crippen LogP contribution in [0.4, 0.5) is 5.69 Å². The maximum absolute atomic E-state index is 13.2. The van der Waals surface area contributed by atoms with Crippen molar-refractivity contribution in [2.24, 2.45) is 5.92 Å². The lowest BCUT2D eigenvalue weighted by molar-refractivity contribution is -0.925. The number of nitrogens with one attached hydrogen (secondary N) is 1. The van der Waals surface area contributed by atoms with E-state index in [0.29, 0.717) is 18.2 Å². The number of nitrogens with zero attached hydrogens (tertiary/aromatic N) is 2. The van der Waals surface area contributed by atoms with Gasteiger partial charge in [-0.1, -0.05) is 25.1 Å². The van der Waals surface area contributed by atoms with Gasteiger partial charge in [0.05, 0.1) is 25.2 Å². The Hall–Kier alpha value is -2.73. The second kappa shape index (κ2) is 6.95. The zero-order valence-corrected chi connectivity index (χ0v) is 16.6. The van der Waals surface area contributed by atoms with E-state index in [4.69, 9.17) is 0 Å². The van der Waals surface area contributed by atoms with Gasteiger partial charge >= 0.3 is 0 Å². The van der Waals surface area contributed by atoms with Crippen molar-refractivity contribution in [1.29, 1.82) is 0 Å². The number of anilines is 1. The van der Waals surface area contributed by atoms with Crippen LogP contribution in [0, 0.1) is 5.92 Å². The molecule has 5 rings (SSSR count). The number of benzene rings is 1. The summed E-state index contributed by atoms with van der Waals surface area (Å²) in [6, 6.07) is 12.9. The number of imide groups is 1. The van der Waals surface area contributed by atoms with Crippen molar-refractivity contribution in [2.75, 3.05) is 18.0 Å². The van der Waals surface area contributed by atoms with E-state index in [1.54, 1.807) is 6.07 Å². The highest BCUT2D eigenvalue weighted by atomic mass is 16.2. The lowest BCUT2D eigenvalue weighted by Gasteiger charge is -2.41. The minimum absolute atomic E-state index is 0.0643. The summed E-state index contributed by atoms with van der Waals surface area (Å²) in [5.74, 6) is 0.452. The number of hydrogen-bond acceptors (Lipinski definition) is 3. The van der Waals surface area contributed by atoms with E-state index in [9.17, 15) is 14.4 Å². The SMILES string of the molecule is CCc1ccc(N2C(=O)C[C@@H]([NH+]3C[C@H]4C[C@@H](C3)c3cccc(=O)n3C4)C2=O)cc1. The number of rotatable bonds is 3. The molecular weight excluding hydrogens is 366 g/mol. The van der Waals surface area contributed by atoms with Crippen LogP contribution >= 0.6 is 0 Å². The van der Waals surface area contributed by atoms with Crippen molar-refractivity contribution in [1.82, 2.24) is 4.57 Å². The van der Waals surface area contributed by atoms with Crippen LogP contribution in [0.1, 0.15) is 36.9 Å². The first kappa shape index (κ1) is 18.3. The van der Waals surface area contributed by atoms with Crippen molar-refractivity contribution in [3.63, 3.8) is 0 Å². The number of piperidine rings is 1. The number of aryl methyl sites for hydroxylation is 1. The van der Waals surface area contributed by atoms with Crippen molar-refractivity contribution >= 4 is 17.5 Å². The van der Waals surface area contributed by atoms with Crippen LogP contribution in [0.25, 0.3) is 0 Å². The van der Waals surface area contributed by atoms with Crippen LogP contribution in [0.2, 0.25) is 0 Å². The van der Waals surface area contributed by atoms with Crippen LogP contribution in [0.5, 0.6) is 0 Å². The molecule has 2 fully saturated rings. The Bertz CT molecular complexity index is 1030. The molecule has 2 bridgehead atoms. The van der Waals surface area contributed by atoms with Crippen LogP contribution in [-0.2, 0) is 22.6 Å². The van der Waals surface area contributed by atoms with E-state index in [0.717, 1.165) is 31.6 Å². The summed E-state index contributed by atoms with van der Waals surface area (Å²) < 4.78 is 1.90. The molecule has 2 saturated heterocycles. The van der Waals surface area contributed by atoms with E-state index in [-0.39, 0.29) is 35.8 Å². The summed E-state index contributed by atoms with van der Waals surface area (Å²) in [5.41, 5.74) is 3.00. The molecule has 4 atom stereocenters. The molecule has 1 unspecified atom stereocenters. The molecule has 1 aromatic carbocycles. The average Bonchev–Trinajstić information content (AvgIpc) is 3.03. The van der Waals surface area contributed by atoms with Gasteiger partial charge < -0.3 is 9.47 Å². The van der Waals surface area contributed by atoms with Crippen molar-refractivity contribution < 1.29 is 14.5 Å². The van der Waals surface area contributed by atoms with Gasteiger partial charge in [0, 0.05) is 30.1 Å². The fourth-order valence-electron chi connectivity index (χ4n) is 5.44. The number of amides is 2. The van der Waals surface area contributed by atoms with Gasteiger partial charge in [-0.2, -0.15) is 0 Å². The Balaban J connectivity index is 1.39. The van der Waals surface area contributed by atoms with Crippen molar-refractivity contribution in [3.8, 4) is 0 Å². The molecule has 3 aliphatic rings. The fourth-order valence-corrected chi connectivity index (χ4v) is 5.44. The summed E-state index contributed by atoms with van der Waals surface area (Å²) in [6.45, 7) is 4.43. The van der Waals surface area contributed by atoms with E-state index < -0.39 is 0 Å². The molecule has 1 aromatic heterocycles. The molecule has 0 radical (unpaired) electrons. The Morgan fingerprint density at radius 1 is 1.03 bits per heavy atom. The molecule has 1 N–H and O–H groups in total. The molecule has 2 aromatic rings. The zero-order valence-electron chi connectivity index (χ0n) is 16.6. The second-order valence-electron chi connectivity index (χ2n) is 8.61. The van der Waals surface area contributed by atoms with Gasteiger partial charge in [-0.05, 0) is 36.6 Å². The van der Waals surface area contributed by atoms with Crippen molar-refractivity contribution in [2.45, 2.75) is 44.7 Å². The smallest absolute Gasteiger partial charge is 0.292 e. The molecule has 0 saturated carbocycles. The Kier molecular flexibility index (Phi) is 4.39. The first-order valence-corrected chi connectivity index (χ1v) is 10.5. The predicted octanol–water partition coefficient (Wildman–Crippen LogP) is 0.745. The van der Waals surface area contributed by atoms with Gasteiger partial charge in [-0.3, -0.25) is 14.4 Å². The largest absolute Gasteiger partial charge is 0.323 e. The Labute approximate surface area is 169 Å². The molecule has 3 aliphatic heterocycles. The number of hydrogen-bond donors (Lipinski definition) is 1. The van der Waals surface area contributed by atoms with E-state index in [2.05, 4.69) is 6.92 Å². The molecule has 6 nitrogen and oxygen atoms in total. The highest BCUT2D eigenvalue weighted by molar-refractivity contribution is 6.21. The van der Waals surface area contributed by atoms with Gasteiger partial charge in [0.1, 0.15) is 0 Å². The fraction of sp³-hybridized carbons (Fsp3) is 0.435. The Morgan fingerprint density at radius 2 is 1.83 bits per heavy atom. The van der Waals surface area contributed by atoms with Crippen LogP contribution in [0.3, 0.4) is 0 Å². The molecule has 0 aliphatic carbocycles. The summed E-state index contributed by atoms with van der Waals surface area (Å²) in [5, 5.41) is 0. The van der Waals surface area contributed by atoms with E-state index in [1.807, 2.05) is 41.0 Å². The molecule has 0 spiro atoms. The normalized spacial score (nSPS) is 28.5. The minimum atomic E-state index is -0.319. The molecule has 4 heterocycles. The van der Waals surface area contributed by atoms with Gasteiger partial charge in [0.25, 0.3) is 11.5 Å². The molecular formula is C23H26N3O3+. The highest BCUT2D eigenvalue weighted by Crippen LogP contribution is 2.31. The van der Waals surface area contributed by atoms with Crippen LogP contribution in [-0.4, -0.2) is 35.5 Å². The summed E-state index contributed by atoms with van der Waals surface area (Å²) in [6.07, 6.45) is 2.25. The monoisotopic (exact) mass is 392 g/mol. The average molecular weight is 392 g/mol. The maximum atomic E-state index is 13.2. The summed E-state index contributed by atoms with van der Waals surface area (Å²) >= 11 is 0. The second-order valence-corrected chi connectivity index (χ2v) is 8.61. The number of pyridine rings is 1. The lowest BCUT2D eigenvalue weighted by atomic mass is 9.82. The third-order valence-corrected chi connectivity index (χ3v) is 6.86. The third kappa shape index (κ3) is 3.02. The van der Waals surface area contributed by atoms with Crippen LogP contribution < -0.4 is 15.4 Å². The molecule has 6 heteroatoms. The predicted molar refractivity (Wildman–Crippen MR) is 109 cm³/mol. The third-order valence-electron chi connectivity index (χ3n) is 6.86. The van der Waals surface area contributed by atoms with Crippen molar-refractivity contribution in [3.05, 3.63) is 64.1 Å². The highest BCUT2D eigenvalue weighted by Gasteiger charge is 2.49. The Morgan fingerprint density at radius 3 is 2.59 bits per heavy atom. The van der Waals surface area contributed by atoms with Gasteiger partial charge in [0.2, 0.25) is 5.91 Å². The number of quaternary nitrogens is 1. The van der Waals surface area contributed by atoms with Gasteiger partial charge in [-0.15, -0.1) is 0 Å². The number of carbonyl (C=O) groups excluding carboxylic acids is 2. The number of aromatic nitrogens is 1.